The lowest BCUT2D eigenvalue weighted by molar-refractivity contribution is -0.385. The topological polar surface area (TPSA) is 125 Å². The number of aromatic nitrogens is 1. The van der Waals surface area contributed by atoms with E-state index >= 15 is 0 Å². The SMILES string of the molecule is NC(=O)c1cc([N+](=O)[O-])cn(CCCC(=O)c2ccc(F)cc2)c1=O. The molecule has 130 valence electrons. The number of ketones is 1. The fourth-order valence-electron chi connectivity index (χ4n) is 2.25. The first-order valence-corrected chi connectivity index (χ1v) is 7.27. The summed E-state index contributed by atoms with van der Waals surface area (Å²) in [6.07, 6.45) is 1.25. The van der Waals surface area contributed by atoms with Gasteiger partial charge in [0.1, 0.15) is 11.4 Å². The number of amides is 1. The number of aryl methyl sites for hydroxylation is 1. The maximum Gasteiger partial charge on any atom is 0.286 e. The smallest absolute Gasteiger partial charge is 0.286 e. The minimum absolute atomic E-state index is 0.00622. The predicted molar refractivity (Wildman–Crippen MR) is 85.8 cm³/mol. The number of rotatable bonds is 7. The highest BCUT2D eigenvalue weighted by Crippen LogP contribution is 2.12. The van der Waals surface area contributed by atoms with Crippen LogP contribution in [0.4, 0.5) is 10.1 Å². The summed E-state index contributed by atoms with van der Waals surface area (Å²) in [7, 11) is 0. The summed E-state index contributed by atoms with van der Waals surface area (Å²) in [5.41, 5.74) is 3.69. The maximum absolute atomic E-state index is 12.8. The third-order valence-corrected chi connectivity index (χ3v) is 3.52. The molecule has 2 N–H and O–H groups in total. The van der Waals surface area contributed by atoms with Gasteiger partial charge in [-0.1, -0.05) is 0 Å². The van der Waals surface area contributed by atoms with E-state index in [1.165, 1.54) is 12.1 Å². The van der Waals surface area contributed by atoms with E-state index in [1.54, 1.807) is 0 Å². The van der Waals surface area contributed by atoms with E-state index in [4.69, 9.17) is 5.73 Å². The van der Waals surface area contributed by atoms with Crippen molar-refractivity contribution in [2.24, 2.45) is 5.73 Å². The predicted octanol–water partition coefficient (Wildman–Crippen LogP) is 1.66. The van der Waals surface area contributed by atoms with Crippen LogP contribution in [0.15, 0.2) is 41.3 Å². The van der Waals surface area contributed by atoms with Gasteiger partial charge in [0.05, 0.1) is 11.1 Å². The first-order valence-electron chi connectivity index (χ1n) is 7.27. The summed E-state index contributed by atoms with van der Waals surface area (Å²) in [6.45, 7) is -0.00622. The lowest BCUT2D eigenvalue weighted by Crippen LogP contribution is -2.29. The Morgan fingerprint density at radius 1 is 1.24 bits per heavy atom. The Kier molecular flexibility index (Phi) is 5.38. The monoisotopic (exact) mass is 347 g/mol. The summed E-state index contributed by atoms with van der Waals surface area (Å²) in [5.74, 6) is -1.78. The van der Waals surface area contributed by atoms with E-state index in [0.29, 0.717) is 5.56 Å². The Bertz CT molecular complexity index is 890. The minimum Gasteiger partial charge on any atom is -0.365 e. The molecule has 0 spiro atoms. The molecule has 1 aromatic heterocycles. The Hall–Kier alpha value is -3.36. The number of hydrogen-bond donors (Lipinski definition) is 1. The van der Waals surface area contributed by atoms with E-state index in [0.717, 1.165) is 29.0 Å². The second-order valence-electron chi connectivity index (χ2n) is 5.27. The van der Waals surface area contributed by atoms with Gasteiger partial charge in [-0.2, -0.15) is 0 Å². The number of carbonyl (C=O) groups excluding carboxylic acids is 2. The van der Waals surface area contributed by atoms with Gasteiger partial charge in [0, 0.05) is 24.6 Å². The second-order valence-corrected chi connectivity index (χ2v) is 5.27. The first kappa shape index (κ1) is 18.0. The standard InChI is InChI=1S/C16H14FN3O5/c17-11-5-3-10(4-6-11)14(21)2-1-7-19-9-12(20(24)25)8-13(15(18)22)16(19)23/h3-6,8-9H,1-2,7H2,(H2,18,22). The Labute approximate surface area is 140 Å². The molecular formula is C16H14FN3O5. The van der Waals surface area contributed by atoms with Crippen LogP contribution in [0.1, 0.15) is 33.6 Å². The molecule has 0 aliphatic heterocycles. The number of hydrogen-bond acceptors (Lipinski definition) is 5. The number of benzene rings is 1. The summed E-state index contributed by atoms with van der Waals surface area (Å²) < 4.78 is 13.8. The number of nitrogens with zero attached hydrogens (tertiary/aromatic N) is 2. The fourth-order valence-corrected chi connectivity index (χ4v) is 2.25. The van der Waals surface area contributed by atoms with Crippen molar-refractivity contribution in [2.45, 2.75) is 19.4 Å². The van der Waals surface area contributed by atoms with E-state index in [1.807, 2.05) is 0 Å². The van der Waals surface area contributed by atoms with Gasteiger partial charge >= 0.3 is 0 Å². The number of primary amides is 1. The third-order valence-electron chi connectivity index (χ3n) is 3.52. The molecule has 1 aromatic carbocycles. The zero-order valence-electron chi connectivity index (χ0n) is 13.0. The summed E-state index contributed by atoms with van der Waals surface area (Å²) >= 11 is 0. The van der Waals surface area contributed by atoms with Gasteiger partial charge in [0.25, 0.3) is 17.2 Å². The molecule has 0 radical (unpaired) electrons. The highest BCUT2D eigenvalue weighted by molar-refractivity contribution is 5.96. The van der Waals surface area contributed by atoms with E-state index in [2.05, 4.69) is 0 Å². The molecule has 9 heteroatoms. The molecule has 2 rings (SSSR count). The van der Waals surface area contributed by atoms with Gasteiger partial charge in [-0.05, 0) is 30.7 Å². The van der Waals surface area contributed by atoms with Crippen LogP contribution in [0.5, 0.6) is 0 Å². The highest BCUT2D eigenvalue weighted by Gasteiger charge is 2.17. The van der Waals surface area contributed by atoms with E-state index in [9.17, 15) is 28.9 Å². The molecule has 0 fully saturated rings. The lowest BCUT2D eigenvalue weighted by Gasteiger charge is -2.07. The van der Waals surface area contributed by atoms with Gasteiger partial charge in [-0.3, -0.25) is 24.5 Å². The normalized spacial score (nSPS) is 10.4. The van der Waals surface area contributed by atoms with Crippen LogP contribution in [-0.4, -0.2) is 21.2 Å². The zero-order chi connectivity index (χ0) is 18.6. The summed E-state index contributed by atoms with van der Waals surface area (Å²) in [4.78, 5) is 45.5. The van der Waals surface area contributed by atoms with Crippen molar-refractivity contribution >= 4 is 17.4 Å². The molecule has 2 aromatic rings. The molecule has 0 bridgehead atoms. The van der Waals surface area contributed by atoms with Gasteiger partial charge in [-0.25, -0.2) is 4.39 Å². The molecule has 0 saturated heterocycles. The summed E-state index contributed by atoms with van der Waals surface area (Å²) in [6, 6.07) is 5.85. The molecule has 0 saturated carbocycles. The first-order chi connectivity index (χ1) is 11.8. The fraction of sp³-hybridized carbons (Fsp3) is 0.188. The molecule has 0 aliphatic rings. The Morgan fingerprint density at radius 2 is 1.88 bits per heavy atom. The molecule has 1 amide bonds. The molecule has 0 unspecified atom stereocenters. The number of nitro groups is 1. The molecule has 1 heterocycles. The van der Waals surface area contributed by atoms with E-state index < -0.39 is 33.5 Å². The van der Waals surface area contributed by atoms with Crippen LogP contribution in [0, 0.1) is 15.9 Å². The van der Waals surface area contributed by atoms with Gasteiger partial charge < -0.3 is 10.3 Å². The van der Waals surface area contributed by atoms with Crippen LogP contribution >= 0.6 is 0 Å². The molecule has 25 heavy (non-hydrogen) atoms. The average Bonchev–Trinajstić information content (AvgIpc) is 2.56. The van der Waals surface area contributed by atoms with E-state index in [-0.39, 0.29) is 25.2 Å². The molecule has 0 aliphatic carbocycles. The van der Waals surface area contributed by atoms with Gasteiger partial charge in [0.15, 0.2) is 5.78 Å². The lowest BCUT2D eigenvalue weighted by atomic mass is 10.1. The second kappa shape index (κ2) is 7.47. The van der Waals surface area contributed by atoms with Crippen molar-refractivity contribution in [2.75, 3.05) is 0 Å². The quantitative estimate of drug-likeness (QED) is 0.463. The van der Waals surface area contributed by atoms with Crippen molar-refractivity contribution in [3.63, 3.8) is 0 Å². The maximum atomic E-state index is 12.8. The number of nitrogens with two attached hydrogens (primary N) is 1. The minimum atomic E-state index is -1.06. The van der Waals surface area contributed by atoms with Crippen molar-refractivity contribution in [1.82, 2.24) is 4.57 Å². The van der Waals surface area contributed by atoms with Crippen LogP contribution in [0.2, 0.25) is 0 Å². The van der Waals surface area contributed by atoms with Crippen LogP contribution in [0.25, 0.3) is 0 Å². The van der Waals surface area contributed by atoms with Crippen molar-refractivity contribution < 1.29 is 18.9 Å². The zero-order valence-corrected chi connectivity index (χ0v) is 13.0. The van der Waals surface area contributed by atoms with Gasteiger partial charge in [0.2, 0.25) is 0 Å². The number of pyridine rings is 1. The number of Topliss-reactive ketones (excluding diaryl/α,β-unsaturated/α-hetero) is 1. The third kappa shape index (κ3) is 4.34. The van der Waals surface area contributed by atoms with Crippen molar-refractivity contribution in [1.29, 1.82) is 0 Å². The van der Waals surface area contributed by atoms with Crippen LogP contribution in [-0.2, 0) is 6.54 Å². The number of halogens is 1. The molecule has 0 atom stereocenters. The van der Waals surface area contributed by atoms with Crippen LogP contribution in [0.3, 0.4) is 0 Å². The summed E-state index contributed by atoms with van der Waals surface area (Å²) in [5, 5.41) is 10.9. The number of carbonyl (C=O) groups is 2. The largest absolute Gasteiger partial charge is 0.365 e. The Morgan fingerprint density at radius 3 is 2.44 bits per heavy atom. The molecule has 8 nitrogen and oxygen atoms in total. The van der Waals surface area contributed by atoms with Gasteiger partial charge in [-0.15, -0.1) is 0 Å². The van der Waals surface area contributed by atoms with Crippen molar-refractivity contribution in [3.8, 4) is 0 Å². The molecular weight excluding hydrogens is 333 g/mol. The Balaban J connectivity index is 2.13. The van der Waals surface area contributed by atoms with Crippen LogP contribution < -0.4 is 11.3 Å². The average molecular weight is 347 g/mol. The van der Waals surface area contributed by atoms with Crippen molar-refractivity contribution in [3.05, 3.63) is 73.9 Å². The highest BCUT2D eigenvalue weighted by atomic mass is 19.1.